The lowest BCUT2D eigenvalue weighted by Gasteiger charge is -2.13. The molecule has 11 rings (SSSR count). The van der Waals surface area contributed by atoms with Crippen LogP contribution in [0.1, 0.15) is 0 Å². The van der Waals surface area contributed by atoms with Gasteiger partial charge in [-0.3, -0.25) is 4.57 Å². The molecule has 11 aromatic rings. The number of furan rings is 1. The molecular formula is C51H32N2O. The van der Waals surface area contributed by atoms with E-state index in [1.807, 2.05) is 0 Å². The van der Waals surface area contributed by atoms with Gasteiger partial charge in [0.25, 0.3) is 0 Å². The zero-order valence-electron chi connectivity index (χ0n) is 29.3. The van der Waals surface area contributed by atoms with Gasteiger partial charge in [-0.15, -0.1) is 0 Å². The molecule has 3 heteroatoms. The Kier molecular flexibility index (Phi) is 6.86. The van der Waals surface area contributed by atoms with Crippen LogP contribution in [0.3, 0.4) is 0 Å². The van der Waals surface area contributed by atoms with E-state index in [4.69, 9.17) is 9.40 Å². The van der Waals surface area contributed by atoms with E-state index in [0.717, 1.165) is 55.3 Å². The highest BCUT2D eigenvalue weighted by Crippen LogP contribution is 2.39. The summed E-state index contributed by atoms with van der Waals surface area (Å²) >= 11 is 0. The Morgan fingerprint density at radius 3 is 1.48 bits per heavy atom. The fraction of sp³-hybridized carbons (Fsp3) is 0. The first-order chi connectivity index (χ1) is 26.7. The Balaban J connectivity index is 0.986. The first-order valence-electron chi connectivity index (χ1n) is 18.4. The Morgan fingerprint density at radius 2 is 0.815 bits per heavy atom. The van der Waals surface area contributed by atoms with Gasteiger partial charge in [0, 0.05) is 26.9 Å². The van der Waals surface area contributed by atoms with Crippen LogP contribution >= 0.6 is 0 Å². The summed E-state index contributed by atoms with van der Waals surface area (Å²) in [7, 11) is 0. The van der Waals surface area contributed by atoms with Crippen molar-refractivity contribution in [2.75, 3.05) is 0 Å². The average Bonchev–Trinajstić information content (AvgIpc) is 3.78. The van der Waals surface area contributed by atoms with Gasteiger partial charge >= 0.3 is 0 Å². The van der Waals surface area contributed by atoms with Gasteiger partial charge in [0.2, 0.25) is 0 Å². The van der Waals surface area contributed by atoms with Gasteiger partial charge in [0.05, 0.1) is 16.6 Å². The van der Waals surface area contributed by atoms with Crippen molar-refractivity contribution in [1.82, 2.24) is 9.55 Å². The number of pyridine rings is 1. The van der Waals surface area contributed by atoms with E-state index >= 15 is 0 Å². The van der Waals surface area contributed by atoms with E-state index in [-0.39, 0.29) is 0 Å². The summed E-state index contributed by atoms with van der Waals surface area (Å²) in [5.41, 5.74) is 14.5. The minimum absolute atomic E-state index is 0.901. The fourth-order valence-electron chi connectivity index (χ4n) is 8.15. The second-order valence-corrected chi connectivity index (χ2v) is 14.0. The highest BCUT2D eigenvalue weighted by molar-refractivity contribution is 6.11. The van der Waals surface area contributed by atoms with Gasteiger partial charge in [-0.1, -0.05) is 140 Å². The molecule has 252 valence electrons. The summed E-state index contributed by atoms with van der Waals surface area (Å²) in [4.78, 5) is 5.23. The molecule has 0 saturated carbocycles. The Morgan fingerprint density at radius 1 is 0.333 bits per heavy atom. The maximum Gasteiger partial charge on any atom is 0.138 e. The van der Waals surface area contributed by atoms with Crippen LogP contribution in [0.15, 0.2) is 199 Å². The molecular weight excluding hydrogens is 657 g/mol. The number of hydrogen-bond donors (Lipinski definition) is 0. The minimum Gasteiger partial charge on any atom is -0.456 e. The monoisotopic (exact) mass is 688 g/mol. The molecule has 0 N–H and O–H groups in total. The summed E-state index contributed by atoms with van der Waals surface area (Å²) in [6.45, 7) is 0. The molecule has 0 aliphatic heterocycles. The van der Waals surface area contributed by atoms with Crippen LogP contribution in [0.4, 0.5) is 0 Å². The van der Waals surface area contributed by atoms with Crippen LogP contribution in [-0.4, -0.2) is 9.55 Å². The summed E-state index contributed by atoms with van der Waals surface area (Å²) < 4.78 is 8.56. The molecule has 0 saturated heterocycles. The molecule has 8 aromatic carbocycles. The predicted molar refractivity (Wildman–Crippen MR) is 225 cm³/mol. The number of aromatic nitrogens is 2. The van der Waals surface area contributed by atoms with E-state index in [9.17, 15) is 0 Å². The Labute approximate surface area is 312 Å². The van der Waals surface area contributed by atoms with E-state index < -0.39 is 0 Å². The highest BCUT2D eigenvalue weighted by Gasteiger charge is 2.17. The number of fused-ring (bicyclic) bond motifs is 7. The van der Waals surface area contributed by atoms with Crippen molar-refractivity contribution in [1.29, 1.82) is 0 Å². The maximum absolute atomic E-state index is 6.25. The molecule has 0 aliphatic rings. The summed E-state index contributed by atoms with van der Waals surface area (Å²) in [5.74, 6) is 0.912. The van der Waals surface area contributed by atoms with Gasteiger partial charge in [-0.2, -0.15) is 0 Å². The molecule has 54 heavy (non-hydrogen) atoms. The molecule has 3 heterocycles. The van der Waals surface area contributed by atoms with Gasteiger partial charge in [0.15, 0.2) is 0 Å². The van der Waals surface area contributed by atoms with Crippen molar-refractivity contribution < 1.29 is 4.42 Å². The predicted octanol–water partition coefficient (Wildman–Crippen LogP) is 13.9. The van der Waals surface area contributed by atoms with Crippen molar-refractivity contribution in [3.8, 4) is 50.3 Å². The third-order valence-electron chi connectivity index (χ3n) is 10.8. The SMILES string of the molecule is c1ccc(-c2ccc3oc4ccc(-c5ccc(-c6ccc7c(c6)c6ccccc6n7-c6cc(-c7ccccc7)c7ccccc7n6)cc5)cc4c3c2)cc1. The van der Waals surface area contributed by atoms with E-state index in [1.165, 1.54) is 49.7 Å². The highest BCUT2D eigenvalue weighted by atomic mass is 16.3. The number of benzene rings is 8. The molecule has 0 spiro atoms. The second kappa shape index (κ2) is 12.2. The van der Waals surface area contributed by atoms with Crippen molar-refractivity contribution in [3.05, 3.63) is 194 Å². The van der Waals surface area contributed by atoms with E-state index in [2.05, 4.69) is 199 Å². The van der Waals surface area contributed by atoms with Gasteiger partial charge in [0.1, 0.15) is 17.0 Å². The van der Waals surface area contributed by atoms with E-state index in [0.29, 0.717) is 0 Å². The molecule has 0 unspecified atom stereocenters. The third-order valence-corrected chi connectivity index (χ3v) is 10.8. The molecule has 0 fully saturated rings. The molecule has 0 radical (unpaired) electrons. The number of rotatable bonds is 5. The standard InChI is InChI=1S/C51H32N2O/c1-3-11-33(12-4-1)38-24-27-49-44(30-38)45-31-39(25-28-50(45)54-49)35-21-19-34(20-22-35)37-23-26-48-43(29-37)41-16-8-10-18-47(41)53(48)51-32-42(36-13-5-2-6-14-36)40-15-7-9-17-46(40)52-51/h1-32H. The first-order valence-corrected chi connectivity index (χ1v) is 18.4. The fourth-order valence-corrected chi connectivity index (χ4v) is 8.15. The largest absolute Gasteiger partial charge is 0.456 e. The van der Waals surface area contributed by atoms with Gasteiger partial charge in [-0.25, -0.2) is 4.98 Å². The minimum atomic E-state index is 0.901. The van der Waals surface area contributed by atoms with Crippen molar-refractivity contribution >= 4 is 54.6 Å². The molecule has 3 aromatic heterocycles. The topological polar surface area (TPSA) is 31.0 Å². The zero-order valence-corrected chi connectivity index (χ0v) is 29.3. The van der Waals surface area contributed by atoms with Crippen LogP contribution in [0, 0.1) is 0 Å². The zero-order chi connectivity index (χ0) is 35.6. The van der Waals surface area contributed by atoms with Crippen molar-refractivity contribution in [3.63, 3.8) is 0 Å². The van der Waals surface area contributed by atoms with Crippen LogP contribution in [0.25, 0.3) is 105 Å². The lowest BCUT2D eigenvalue weighted by Crippen LogP contribution is -1.99. The summed E-state index contributed by atoms with van der Waals surface area (Å²) in [5, 5.41) is 5.82. The van der Waals surface area contributed by atoms with Gasteiger partial charge < -0.3 is 4.42 Å². The molecule has 0 amide bonds. The molecule has 3 nitrogen and oxygen atoms in total. The quantitative estimate of drug-likeness (QED) is 0.180. The van der Waals surface area contributed by atoms with Crippen LogP contribution in [0.5, 0.6) is 0 Å². The average molecular weight is 689 g/mol. The number of para-hydroxylation sites is 2. The summed E-state index contributed by atoms with van der Waals surface area (Å²) in [6, 6.07) is 69.2. The Bertz CT molecular complexity index is 3190. The van der Waals surface area contributed by atoms with E-state index in [1.54, 1.807) is 0 Å². The van der Waals surface area contributed by atoms with Gasteiger partial charge in [-0.05, 0) is 99.1 Å². The smallest absolute Gasteiger partial charge is 0.138 e. The lowest BCUT2D eigenvalue weighted by atomic mass is 9.97. The molecule has 0 aliphatic carbocycles. The second-order valence-electron chi connectivity index (χ2n) is 14.0. The number of hydrogen-bond acceptors (Lipinski definition) is 2. The first kappa shape index (κ1) is 30.4. The molecule has 0 atom stereocenters. The van der Waals surface area contributed by atoms with Crippen molar-refractivity contribution in [2.24, 2.45) is 0 Å². The molecule has 0 bridgehead atoms. The maximum atomic E-state index is 6.25. The van der Waals surface area contributed by atoms with Crippen LogP contribution in [-0.2, 0) is 0 Å². The Hall–Kier alpha value is -7.23. The van der Waals surface area contributed by atoms with Crippen LogP contribution < -0.4 is 0 Å². The third kappa shape index (κ3) is 4.94. The number of nitrogens with zero attached hydrogens (tertiary/aromatic N) is 2. The normalized spacial score (nSPS) is 11.7. The van der Waals surface area contributed by atoms with Crippen LogP contribution in [0.2, 0.25) is 0 Å². The lowest BCUT2D eigenvalue weighted by molar-refractivity contribution is 0.669. The summed E-state index contributed by atoms with van der Waals surface area (Å²) in [6.07, 6.45) is 0. The van der Waals surface area contributed by atoms with Crippen molar-refractivity contribution in [2.45, 2.75) is 0 Å².